The number of carbonyl (C=O) groups is 1. The SMILES string of the molecule is COc1ccc(N(c2ccc(OC)cc2)c2ccc(-c3ccc(C(=O)c4ccc(-c5ccc(N(c6ccc(OC)cc6)c6ccc(OC)cc6)cc5)cc4)cc3)cc2)cc1. The quantitative estimate of drug-likeness (QED) is 0.102. The van der Waals surface area contributed by atoms with Crippen molar-refractivity contribution in [3.05, 3.63) is 205 Å². The number of ketones is 1. The molecule has 8 aromatic carbocycles. The zero-order valence-corrected chi connectivity index (χ0v) is 33.9. The molecule has 8 rings (SSSR count). The van der Waals surface area contributed by atoms with Gasteiger partial charge in [0, 0.05) is 45.3 Å². The van der Waals surface area contributed by atoms with Crippen LogP contribution in [0, 0.1) is 0 Å². The fourth-order valence-corrected chi connectivity index (χ4v) is 7.22. The van der Waals surface area contributed by atoms with Crippen LogP contribution in [0.2, 0.25) is 0 Å². The highest BCUT2D eigenvalue weighted by molar-refractivity contribution is 6.09. The maximum atomic E-state index is 13.6. The molecule has 296 valence electrons. The van der Waals surface area contributed by atoms with Crippen LogP contribution in [-0.4, -0.2) is 34.2 Å². The summed E-state index contributed by atoms with van der Waals surface area (Å²) in [4.78, 5) is 18.0. The second-order valence-electron chi connectivity index (χ2n) is 14.0. The molecule has 7 heteroatoms. The topological polar surface area (TPSA) is 60.5 Å². The lowest BCUT2D eigenvalue weighted by Crippen LogP contribution is -2.09. The van der Waals surface area contributed by atoms with Crippen LogP contribution in [0.4, 0.5) is 34.1 Å². The molecule has 0 saturated carbocycles. The molecule has 0 aromatic heterocycles. The van der Waals surface area contributed by atoms with Gasteiger partial charge in [-0.2, -0.15) is 0 Å². The summed E-state index contributed by atoms with van der Waals surface area (Å²) in [6.07, 6.45) is 0. The third kappa shape index (κ3) is 8.42. The first-order valence-corrected chi connectivity index (χ1v) is 19.6. The molecule has 0 N–H and O–H groups in total. The number of hydrogen-bond donors (Lipinski definition) is 0. The van der Waals surface area contributed by atoms with Gasteiger partial charge in [0.05, 0.1) is 28.4 Å². The lowest BCUT2D eigenvalue weighted by atomic mass is 9.97. The van der Waals surface area contributed by atoms with Crippen molar-refractivity contribution >= 4 is 39.9 Å². The van der Waals surface area contributed by atoms with E-state index in [0.29, 0.717) is 11.1 Å². The van der Waals surface area contributed by atoms with Crippen LogP contribution in [0.5, 0.6) is 23.0 Å². The predicted octanol–water partition coefficient (Wildman–Crippen LogP) is 13.2. The van der Waals surface area contributed by atoms with Gasteiger partial charge in [0.25, 0.3) is 0 Å². The summed E-state index contributed by atoms with van der Waals surface area (Å²) in [6.45, 7) is 0. The summed E-state index contributed by atoms with van der Waals surface area (Å²) in [6, 6.07) is 64.5. The smallest absolute Gasteiger partial charge is 0.193 e. The number of rotatable bonds is 14. The normalized spacial score (nSPS) is 10.7. The first-order chi connectivity index (χ1) is 29.4. The number of hydrogen-bond acceptors (Lipinski definition) is 7. The van der Waals surface area contributed by atoms with E-state index in [1.165, 1.54) is 0 Å². The molecule has 0 fully saturated rings. The Bertz CT molecular complexity index is 2360. The Morgan fingerprint density at radius 1 is 0.283 bits per heavy atom. The Morgan fingerprint density at radius 2 is 0.467 bits per heavy atom. The summed E-state index contributed by atoms with van der Waals surface area (Å²) < 4.78 is 21.6. The predicted molar refractivity (Wildman–Crippen MR) is 243 cm³/mol. The van der Waals surface area contributed by atoms with Gasteiger partial charge in [0.1, 0.15) is 23.0 Å². The molecule has 0 aliphatic carbocycles. The fourth-order valence-electron chi connectivity index (χ4n) is 7.22. The van der Waals surface area contributed by atoms with Crippen molar-refractivity contribution in [1.82, 2.24) is 0 Å². The van der Waals surface area contributed by atoms with E-state index >= 15 is 0 Å². The van der Waals surface area contributed by atoms with Crippen LogP contribution in [0.3, 0.4) is 0 Å². The lowest BCUT2D eigenvalue weighted by molar-refractivity contribution is 0.103. The molecule has 0 radical (unpaired) electrons. The molecule has 60 heavy (non-hydrogen) atoms. The van der Waals surface area contributed by atoms with Gasteiger partial charge < -0.3 is 28.7 Å². The first kappa shape index (κ1) is 39.1. The second-order valence-corrected chi connectivity index (χ2v) is 14.0. The maximum absolute atomic E-state index is 13.6. The molecule has 0 amide bonds. The molecule has 0 heterocycles. The van der Waals surface area contributed by atoms with Crippen molar-refractivity contribution < 1.29 is 23.7 Å². The van der Waals surface area contributed by atoms with E-state index in [1.807, 2.05) is 146 Å². The van der Waals surface area contributed by atoms with Gasteiger partial charge in [0.15, 0.2) is 5.78 Å². The van der Waals surface area contributed by atoms with E-state index in [2.05, 4.69) is 58.3 Å². The zero-order valence-electron chi connectivity index (χ0n) is 33.9. The van der Waals surface area contributed by atoms with Crippen molar-refractivity contribution in [2.24, 2.45) is 0 Å². The molecule has 0 atom stereocenters. The van der Waals surface area contributed by atoms with Crippen LogP contribution in [0.25, 0.3) is 22.3 Å². The Labute approximate surface area is 351 Å². The summed E-state index contributed by atoms with van der Waals surface area (Å²) >= 11 is 0. The molecule has 0 saturated heterocycles. The lowest BCUT2D eigenvalue weighted by Gasteiger charge is -2.26. The molecule has 0 aliphatic heterocycles. The molecule has 0 bridgehead atoms. The van der Waals surface area contributed by atoms with E-state index in [-0.39, 0.29) is 5.78 Å². The minimum atomic E-state index is -0.0250. The minimum absolute atomic E-state index is 0.0250. The number of ether oxygens (including phenoxy) is 4. The Kier molecular flexibility index (Phi) is 11.6. The van der Waals surface area contributed by atoms with Crippen LogP contribution in [0.15, 0.2) is 194 Å². The molecular weight excluding hydrogens is 745 g/mol. The van der Waals surface area contributed by atoms with Crippen molar-refractivity contribution in [2.45, 2.75) is 0 Å². The van der Waals surface area contributed by atoms with E-state index in [1.54, 1.807) is 28.4 Å². The number of benzene rings is 8. The zero-order chi connectivity index (χ0) is 41.4. The van der Waals surface area contributed by atoms with Crippen LogP contribution >= 0.6 is 0 Å². The van der Waals surface area contributed by atoms with Crippen molar-refractivity contribution in [2.75, 3.05) is 38.2 Å². The molecule has 0 spiro atoms. The standard InChI is InChI=1S/C53H44N2O5/c1-57-49-29-21-45(22-30-49)54(46-23-31-50(58-2)32-24-46)43-17-13-39(14-18-43)37-5-9-41(10-6-37)53(56)42-11-7-38(8-12-42)40-15-19-44(20-16-40)55(47-25-33-51(59-3)34-26-47)48-27-35-52(60-4)36-28-48/h5-36H,1-4H3. The molecule has 8 aromatic rings. The fraction of sp³-hybridized carbons (Fsp3) is 0.0755. The summed E-state index contributed by atoms with van der Waals surface area (Å²) in [5.74, 6) is 3.16. The van der Waals surface area contributed by atoms with Gasteiger partial charge in [-0.15, -0.1) is 0 Å². The Balaban J connectivity index is 0.969. The monoisotopic (exact) mass is 788 g/mol. The molecule has 0 aliphatic rings. The van der Waals surface area contributed by atoms with E-state index < -0.39 is 0 Å². The van der Waals surface area contributed by atoms with Crippen LogP contribution < -0.4 is 28.7 Å². The molecular formula is C53H44N2O5. The van der Waals surface area contributed by atoms with Gasteiger partial charge in [0.2, 0.25) is 0 Å². The Hall–Kier alpha value is -7.77. The highest BCUT2D eigenvalue weighted by atomic mass is 16.5. The van der Waals surface area contributed by atoms with Gasteiger partial charge in [-0.25, -0.2) is 0 Å². The summed E-state index contributed by atoms with van der Waals surface area (Å²) in [7, 11) is 6.67. The van der Waals surface area contributed by atoms with Gasteiger partial charge in [-0.3, -0.25) is 4.79 Å². The third-order valence-electron chi connectivity index (χ3n) is 10.5. The Morgan fingerprint density at radius 3 is 0.667 bits per heavy atom. The van der Waals surface area contributed by atoms with Gasteiger partial charge in [-0.05, 0) is 144 Å². The number of nitrogens with zero attached hydrogens (tertiary/aromatic N) is 2. The highest BCUT2D eigenvalue weighted by Gasteiger charge is 2.16. The molecule has 7 nitrogen and oxygen atoms in total. The number of carbonyl (C=O) groups excluding carboxylic acids is 1. The summed E-state index contributed by atoms with van der Waals surface area (Å²) in [5, 5.41) is 0. The number of anilines is 6. The molecule has 0 unspecified atom stereocenters. The maximum Gasteiger partial charge on any atom is 0.193 e. The largest absolute Gasteiger partial charge is 0.497 e. The highest BCUT2D eigenvalue weighted by Crippen LogP contribution is 2.39. The minimum Gasteiger partial charge on any atom is -0.497 e. The van der Waals surface area contributed by atoms with Gasteiger partial charge >= 0.3 is 0 Å². The number of methoxy groups -OCH3 is 4. The summed E-state index contributed by atoms with van der Waals surface area (Å²) in [5.41, 5.74) is 11.4. The van der Waals surface area contributed by atoms with Crippen LogP contribution in [0.1, 0.15) is 15.9 Å². The average Bonchev–Trinajstić information content (AvgIpc) is 3.33. The van der Waals surface area contributed by atoms with Crippen molar-refractivity contribution in [1.29, 1.82) is 0 Å². The first-order valence-electron chi connectivity index (χ1n) is 19.6. The van der Waals surface area contributed by atoms with E-state index in [9.17, 15) is 4.79 Å². The van der Waals surface area contributed by atoms with Crippen molar-refractivity contribution in [3.8, 4) is 45.3 Å². The van der Waals surface area contributed by atoms with Crippen LogP contribution in [-0.2, 0) is 0 Å². The van der Waals surface area contributed by atoms with Gasteiger partial charge in [-0.1, -0.05) is 72.8 Å². The second kappa shape index (κ2) is 17.8. The third-order valence-corrected chi connectivity index (χ3v) is 10.5. The van der Waals surface area contributed by atoms with Crippen molar-refractivity contribution in [3.63, 3.8) is 0 Å². The van der Waals surface area contributed by atoms with E-state index in [0.717, 1.165) is 79.4 Å². The van der Waals surface area contributed by atoms with E-state index in [4.69, 9.17) is 18.9 Å². The average molecular weight is 789 g/mol.